The molecule has 2 aromatic carbocycles. The topological polar surface area (TPSA) is 70.6 Å². The maximum atomic E-state index is 11.9. The van der Waals surface area contributed by atoms with Crippen LogP contribution < -0.4 is 15.4 Å². The molecular weight excluding hydrogens is 292 g/mol. The summed E-state index contributed by atoms with van der Waals surface area (Å²) in [5, 5.41) is 15.1. The molecule has 122 valence electrons. The number of urea groups is 1. The minimum Gasteiger partial charge on any atom is -0.504 e. The Morgan fingerprint density at radius 1 is 1.17 bits per heavy atom. The first-order chi connectivity index (χ1) is 11.0. The van der Waals surface area contributed by atoms with Gasteiger partial charge in [-0.05, 0) is 41.3 Å². The van der Waals surface area contributed by atoms with Gasteiger partial charge in [-0.1, -0.05) is 32.0 Å². The van der Waals surface area contributed by atoms with Crippen LogP contribution in [0.3, 0.4) is 0 Å². The molecule has 3 N–H and O–H groups in total. The molecule has 0 saturated heterocycles. The Bertz CT molecular complexity index is 666. The van der Waals surface area contributed by atoms with Gasteiger partial charge in [-0.15, -0.1) is 0 Å². The number of phenolic OH excluding ortho intramolecular Hbond substituents is 1. The Kier molecular flexibility index (Phi) is 5.46. The van der Waals surface area contributed by atoms with Gasteiger partial charge in [0.2, 0.25) is 0 Å². The van der Waals surface area contributed by atoms with Crippen LogP contribution in [0.5, 0.6) is 11.5 Å². The Hall–Kier alpha value is -2.69. The number of amides is 2. The van der Waals surface area contributed by atoms with Crippen LogP contribution in [0.4, 0.5) is 10.5 Å². The third-order valence-electron chi connectivity index (χ3n) is 3.53. The van der Waals surface area contributed by atoms with E-state index in [0.717, 1.165) is 11.3 Å². The minimum absolute atomic E-state index is 0.0749. The Labute approximate surface area is 136 Å². The van der Waals surface area contributed by atoms with Crippen molar-refractivity contribution >= 4 is 11.7 Å². The van der Waals surface area contributed by atoms with E-state index < -0.39 is 0 Å². The molecule has 23 heavy (non-hydrogen) atoms. The van der Waals surface area contributed by atoms with Crippen molar-refractivity contribution in [3.05, 3.63) is 53.6 Å². The van der Waals surface area contributed by atoms with Gasteiger partial charge in [0, 0.05) is 12.2 Å². The number of hydrogen-bond acceptors (Lipinski definition) is 3. The van der Waals surface area contributed by atoms with Crippen LogP contribution in [0.15, 0.2) is 42.5 Å². The number of hydrogen-bond donors (Lipinski definition) is 3. The molecule has 0 atom stereocenters. The monoisotopic (exact) mass is 314 g/mol. The predicted octanol–water partition coefficient (Wildman–Crippen LogP) is 3.85. The van der Waals surface area contributed by atoms with Gasteiger partial charge >= 0.3 is 6.03 Å². The molecule has 0 aromatic heterocycles. The lowest BCUT2D eigenvalue weighted by Crippen LogP contribution is -2.28. The van der Waals surface area contributed by atoms with E-state index in [2.05, 4.69) is 24.5 Å². The third-order valence-corrected chi connectivity index (χ3v) is 3.53. The summed E-state index contributed by atoms with van der Waals surface area (Å²) in [5.74, 6) is 0.919. The standard InChI is InChI=1S/C18H22N2O3/c1-12(2)14-5-7-15(8-6-14)20-18(22)19-11-13-4-9-16(21)17(10-13)23-3/h4-10,12,21H,11H2,1-3H3,(H2,19,20,22). The van der Waals surface area contributed by atoms with Crippen LogP contribution in [0.25, 0.3) is 0 Å². The summed E-state index contributed by atoms with van der Waals surface area (Å²) in [6.45, 7) is 4.59. The second-order valence-corrected chi connectivity index (χ2v) is 5.59. The van der Waals surface area contributed by atoms with E-state index in [-0.39, 0.29) is 11.8 Å². The first kappa shape index (κ1) is 16.7. The van der Waals surface area contributed by atoms with Crippen LogP contribution >= 0.6 is 0 Å². The van der Waals surface area contributed by atoms with E-state index in [1.165, 1.54) is 12.7 Å². The summed E-state index contributed by atoms with van der Waals surface area (Å²) in [4.78, 5) is 11.9. The Morgan fingerprint density at radius 3 is 2.48 bits per heavy atom. The van der Waals surface area contributed by atoms with Gasteiger partial charge in [0.15, 0.2) is 11.5 Å². The largest absolute Gasteiger partial charge is 0.504 e. The van der Waals surface area contributed by atoms with Gasteiger partial charge in [-0.25, -0.2) is 4.79 Å². The maximum absolute atomic E-state index is 11.9. The maximum Gasteiger partial charge on any atom is 0.319 e. The molecule has 0 radical (unpaired) electrons. The van der Waals surface area contributed by atoms with Crippen molar-refractivity contribution in [1.82, 2.24) is 5.32 Å². The van der Waals surface area contributed by atoms with Crippen LogP contribution in [0.1, 0.15) is 30.9 Å². The average Bonchev–Trinajstić information content (AvgIpc) is 2.54. The number of nitrogens with one attached hydrogen (secondary N) is 2. The van der Waals surface area contributed by atoms with E-state index in [0.29, 0.717) is 18.2 Å². The zero-order valence-corrected chi connectivity index (χ0v) is 13.6. The van der Waals surface area contributed by atoms with E-state index in [9.17, 15) is 9.90 Å². The number of anilines is 1. The molecule has 0 heterocycles. The summed E-state index contributed by atoms with van der Waals surface area (Å²) in [6.07, 6.45) is 0. The molecule has 0 aliphatic carbocycles. The van der Waals surface area contributed by atoms with E-state index >= 15 is 0 Å². The molecular formula is C18H22N2O3. The number of rotatable bonds is 5. The normalized spacial score (nSPS) is 10.4. The van der Waals surface area contributed by atoms with Crippen LogP contribution in [-0.4, -0.2) is 18.2 Å². The molecule has 0 saturated carbocycles. The summed E-state index contributed by atoms with van der Waals surface area (Å²) in [7, 11) is 1.49. The quantitative estimate of drug-likeness (QED) is 0.785. The molecule has 0 bridgehead atoms. The van der Waals surface area contributed by atoms with Gasteiger partial charge in [0.05, 0.1) is 7.11 Å². The van der Waals surface area contributed by atoms with Crippen molar-refractivity contribution in [3.63, 3.8) is 0 Å². The first-order valence-corrected chi connectivity index (χ1v) is 7.50. The van der Waals surface area contributed by atoms with Gasteiger partial charge < -0.3 is 20.5 Å². The smallest absolute Gasteiger partial charge is 0.319 e. The fraction of sp³-hybridized carbons (Fsp3) is 0.278. The molecule has 2 rings (SSSR count). The number of carbonyl (C=O) groups is 1. The van der Waals surface area contributed by atoms with Gasteiger partial charge in [0.1, 0.15) is 0 Å². The number of aromatic hydroxyl groups is 1. The molecule has 5 heteroatoms. The van der Waals surface area contributed by atoms with Crippen LogP contribution in [-0.2, 0) is 6.54 Å². The zero-order valence-electron chi connectivity index (χ0n) is 13.6. The average molecular weight is 314 g/mol. The second kappa shape index (κ2) is 7.54. The predicted molar refractivity (Wildman–Crippen MR) is 91.0 cm³/mol. The third kappa shape index (κ3) is 4.64. The molecule has 2 amide bonds. The van der Waals surface area contributed by atoms with Crippen molar-refractivity contribution in [1.29, 1.82) is 0 Å². The Balaban J connectivity index is 1.90. The SMILES string of the molecule is COc1cc(CNC(=O)Nc2ccc(C(C)C)cc2)ccc1O. The van der Waals surface area contributed by atoms with Crippen molar-refractivity contribution < 1.29 is 14.6 Å². The number of ether oxygens (including phenoxy) is 1. The van der Waals surface area contributed by atoms with Gasteiger partial charge in [-0.2, -0.15) is 0 Å². The van der Waals surface area contributed by atoms with Crippen molar-refractivity contribution in [2.75, 3.05) is 12.4 Å². The highest BCUT2D eigenvalue weighted by molar-refractivity contribution is 5.89. The first-order valence-electron chi connectivity index (χ1n) is 7.50. The second-order valence-electron chi connectivity index (χ2n) is 5.59. The highest BCUT2D eigenvalue weighted by atomic mass is 16.5. The lowest BCUT2D eigenvalue weighted by atomic mass is 10.0. The zero-order chi connectivity index (χ0) is 16.8. The summed E-state index contributed by atoms with van der Waals surface area (Å²) < 4.78 is 5.04. The van der Waals surface area contributed by atoms with Gasteiger partial charge in [0.25, 0.3) is 0 Å². The minimum atomic E-state index is -0.283. The molecule has 5 nitrogen and oxygen atoms in total. The highest BCUT2D eigenvalue weighted by Gasteiger charge is 2.06. The highest BCUT2D eigenvalue weighted by Crippen LogP contribution is 2.26. The van der Waals surface area contributed by atoms with Crippen LogP contribution in [0, 0.1) is 0 Å². The van der Waals surface area contributed by atoms with Crippen LogP contribution in [0.2, 0.25) is 0 Å². The lowest BCUT2D eigenvalue weighted by molar-refractivity contribution is 0.251. The van der Waals surface area contributed by atoms with Crippen molar-refractivity contribution in [2.45, 2.75) is 26.3 Å². The molecule has 0 aliphatic heterocycles. The summed E-state index contributed by atoms with van der Waals surface area (Å²) in [5.41, 5.74) is 2.81. The van der Waals surface area contributed by atoms with E-state index in [1.54, 1.807) is 18.2 Å². The molecule has 0 spiro atoms. The summed E-state index contributed by atoms with van der Waals surface area (Å²) >= 11 is 0. The van der Waals surface area contributed by atoms with E-state index in [4.69, 9.17) is 4.74 Å². The fourth-order valence-electron chi connectivity index (χ4n) is 2.14. The number of carbonyl (C=O) groups excluding carboxylic acids is 1. The van der Waals surface area contributed by atoms with Gasteiger partial charge in [-0.3, -0.25) is 0 Å². The fourth-order valence-corrected chi connectivity index (χ4v) is 2.14. The number of benzene rings is 2. The Morgan fingerprint density at radius 2 is 1.87 bits per heavy atom. The van der Waals surface area contributed by atoms with E-state index in [1.807, 2.05) is 24.3 Å². The lowest BCUT2D eigenvalue weighted by Gasteiger charge is -2.10. The number of methoxy groups -OCH3 is 1. The van der Waals surface area contributed by atoms with Crippen molar-refractivity contribution in [3.8, 4) is 11.5 Å². The number of phenols is 1. The molecule has 0 aliphatic rings. The summed E-state index contributed by atoms with van der Waals surface area (Å²) in [6, 6.07) is 12.5. The molecule has 0 unspecified atom stereocenters. The molecule has 0 fully saturated rings. The van der Waals surface area contributed by atoms with Crippen molar-refractivity contribution in [2.24, 2.45) is 0 Å². The molecule has 2 aromatic rings.